The third-order valence-electron chi connectivity index (χ3n) is 6.52. The van der Waals surface area contributed by atoms with Crippen LogP contribution in [0.1, 0.15) is 33.4 Å². The second kappa shape index (κ2) is 10.4. The lowest BCUT2D eigenvalue weighted by Crippen LogP contribution is -2.31. The number of aryl methyl sites for hydroxylation is 5. The summed E-state index contributed by atoms with van der Waals surface area (Å²) in [5.74, 6) is -0.661. The van der Waals surface area contributed by atoms with Crippen LogP contribution >= 0.6 is 11.8 Å². The monoisotopic (exact) mass is 495 g/mol. The minimum Gasteiger partial charge on any atom is -0.321 e. The van der Waals surface area contributed by atoms with Gasteiger partial charge >= 0.3 is 0 Å². The van der Waals surface area contributed by atoms with Crippen molar-refractivity contribution in [2.24, 2.45) is 0 Å². The molecule has 5 nitrogen and oxygen atoms in total. The van der Waals surface area contributed by atoms with Crippen molar-refractivity contribution in [2.45, 2.75) is 46.3 Å². The van der Waals surface area contributed by atoms with Gasteiger partial charge in [-0.15, -0.1) is 0 Å². The van der Waals surface area contributed by atoms with Crippen molar-refractivity contribution in [1.29, 1.82) is 5.26 Å². The molecule has 6 heteroatoms. The Bertz CT molecular complexity index is 1430. The van der Waals surface area contributed by atoms with Crippen LogP contribution in [0, 0.1) is 45.9 Å². The average Bonchev–Trinajstić information content (AvgIpc) is 3.14. The molecule has 1 fully saturated rings. The van der Waals surface area contributed by atoms with E-state index in [9.17, 15) is 14.9 Å². The van der Waals surface area contributed by atoms with E-state index in [0.717, 1.165) is 22.3 Å². The van der Waals surface area contributed by atoms with Gasteiger partial charge in [-0.05, 0) is 98.7 Å². The van der Waals surface area contributed by atoms with Crippen LogP contribution in [0.15, 0.2) is 71.3 Å². The molecule has 2 amide bonds. The number of benzene rings is 3. The molecule has 0 saturated carbocycles. The first-order chi connectivity index (χ1) is 17.2. The van der Waals surface area contributed by atoms with Crippen LogP contribution in [0.25, 0.3) is 0 Å². The van der Waals surface area contributed by atoms with Gasteiger partial charge in [0.1, 0.15) is 16.7 Å². The summed E-state index contributed by atoms with van der Waals surface area (Å²) in [6.45, 7) is 10.0. The van der Waals surface area contributed by atoms with Gasteiger partial charge in [0.25, 0.3) is 5.91 Å². The molecule has 1 aliphatic heterocycles. The van der Waals surface area contributed by atoms with Gasteiger partial charge in [-0.25, -0.2) is 0 Å². The Balaban J connectivity index is 1.75. The molecule has 182 valence electrons. The van der Waals surface area contributed by atoms with Crippen LogP contribution in [0.5, 0.6) is 0 Å². The standard InChI is InChI=1S/C30H29N3O2S/c1-18-7-6-8-24(13-18)32-28(34)26(17-31)30-33(25-12-10-20(3)22(5)15-25)29(35)27(36-30)16-23-11-9-19(2)21(4)14-23/h6-15,27H,16H2,1-5H3,(H,32,34)/b30-26-. The van der Waals surface area contributed by atoms with Gasteiger partial charge in [-0.3, -0.25) is 14.5 Å². The highest BCUT2D eigenvalue weighted by atomic mass is 32.2. The summed E-state index contributed by atoms with van der Waals surface area (Å²) in [5.41, 5.74) is 7.73. The molecule has 36 heavy (non-hydrogen) atoms. The number of rotatable bonds is 5. The van der Waals surface area contributed by atoms with E-state index in [1.165, 1.54) is 27.8 Å². The summed E-state index contributed by atoms with van der Waals surface area (Å²) in [6, 6.07) is 21.4. The van der Waals surface area contributed by atoms with Crippen LogP contribution in [-0.2, 0) is 16.0 Å². The summed E-state index contributed by atoms with van der Waals surface area (Å²) in [6.07, 6.45) is 0.508. The Morgan fingerprint density at radius 1 is 0.944 bits per heavy atom. The fraction of sp³-hybridized carbons (Fsp3) is 0.233. The zero-order chi connectivity index (χ0) is 26.0. The second-order valence-electron chi connectivity index (χ2n) is 9.29. The molecule has 4 rings (SSSR count). The Hall–Kier alpha value is -3.82. The molecule has 0 spiro atoms. The lowest BCUT2D eigenvalue weighted by atomic mass is 10.0. The molecular weight excluding hydrogens is 466 g/mol. The molecule has 0 aliphatic carbocycles. The number of nitrogens with one attached hydrogen (secondary N) is 1. The maximum absolute atomic E-state index is 13.7. The van der Waals surface area contributed by atoms with Crippen LogP contribution in [0.3, 0.4) is 0 Å². The van der Waals surface area contributed by atoms with Gasteiger partial charge in [0.05, 0.1) is 5.25 Å². The summed E-state index contributed by atoms with van der Waals surface area (Å²) >= 11 is 1.28. The second-order valence-corrected chi connectivity index (χ2v) is 10.5. The Labute approximate surface area is 216 Å². The minimum absolute atomic E-state index is 0.0735. The first-order valence-electron chi connectivity index (χ1n) is 11.8. The fourth-order valence-corrected chi connectivity index (χ4v) is 5.46. The molecule has 3 aromatic rings. The van der Waals surface area contributed by atoms with Crippen molar-refractivity contribution >= 4 is 35.0 Å². The first-order valence-corrected chi connectivity index (χ1v) is 12.7. The highest BCUT2D eigenvalue weighted by Gasteiger charge is 2.41. The topological polar surface area (TPSA) is 73.2 Å². The lowest BCUT2D eigenvalue weighted by Gasteiger charge is -2.20. The maximum atomic E-state index is 13.7. The van der Waals surface area contributed by atoms with E-state index in [1.807, 2.05) is 63.2 Å². The van der Waals surface area contributed by atoms with Crippen LogP contribution in [0.2, 0.25) is 0 Å². The molecule has 0 radical (unpaired) electrons. The molecule has 1 atom stereocenters. The van der Waals surface area contributed by atoms with E-state index in [4.69, 9.17) is 0 Å². The molecule has 1 aliphatic rings. The Morgan fingerprint density at radius 2 is 1.64 bits per heavy atom. The Kier molecular flexibility index (Phi) is 7.32. The molecule has 0 bridgehead atoms. The van der Waals surface area contributed by atoms with E-state index in [1.54, 1.807) is 6.07 Å². The third-order valence-corrected chi connectivity index (χ3v) is 7.79. The predicted molar refractivity (Wildman–Crippen MR) is 147 cm³/mol. The van der Waals surface area contributed by atoms with Crippen molar-refractivity contribution in [3.8, 4) is 6.07 Å². The van der Waals surface area contributed by atoms with Gasteiger partial charge in [-0.2, -0.15) is 5.26 Å². The zero-order valence-corrected chi connectivity index (χ0v) is 22.0. The lowest BCUT2D eigenvalue weighted by molar-refractivity contribution is -0.117. The summed E-state index contributed by atoms with van der Waals surface area (Å²) in [7, 11) is 0. The number of carbonyl (C=O) groups excluding carboxylic acids is 2. The van der Waals surface area contributed by atoms with Crippen molar-refractivity contribution in [1.82, 2.24) is 0 Å². The fourth-order valence-electron chi connectivity index (χ4n) is 4.15. The zero-order valence-electron chi connectivity index (χ0n) is 21.2. The molecule has 1 unspecified atom stereocenters. The number of amides is 2. The number of hydrogen-bond donors (Lipinski definition) is 1. The normalized spacial score (nSPS) is 16.6. The highest BCUT2D eigenvalue weighted by molar-refractivity contribution is 8.05. The SMILES string of the molecule is Cc1cccc(NC(=O)/C(C#N)=C2\SC(Cc3ccc(C)c(C)c3)C(=O)N2c2ccc(C)c(C)c2)c1. The molecule has 1 saturated heterocycles. The molecular formula is C30H29N3O2S. The van der Waals surface area contributed by atoms with Gasteiger partial charge in [0.2, 0.25) is 5.91 Å². The van der Waals surface area contributed by atoms with Gasteiger partial charge in [0.15, 0.2) is 0 Å². The minimum atomic E-state index is -0.529. The largest absolute Gasteiger partial charge is 0.321 e. The molecule has 1 N–H and O–H groups in total. The van der Waals surface area contributed by atoms with Gasteiger partial charge in [-0.1, -0.05) is 48.2 Å². The molecule has 3 aromatic carbocycles. The smallest absolute Gasteiger partial charge is 0.269 e. The van der Waals surface area contributed by atoms with Gasteiger partial charge in [0, 0.05) is 11.4 Å². The number of nitriles is 1. The number of anilines is 2. The van der Waals surface area contributed by atoms with Crippen molar-refractivity contribution in [2.75, 3.05) is 10.2 Å². The van der Waals surface area contributed by atoms with Crippen molar-refractivity contribution in [3.63, 3.8) is 0 Å². The first kappa shape index (κ1) is 25.3. The predicted octanol–water partition coefficient (Wildman–Crippen LogP) is 6.29. The molecule has 1 heterocycles. The van der Waals surface area contributed by atoms with E-state index < -0.39 is 11.2 Å². The summed E-state index contributed by atoms with van der Waals surface area (Å²) in [5, 5.41) is 12.8. The van der Waals surface area contributed by atoms with Crippen molar-refractivity contribution in [3.05, 3.63) is 105 Å². The Morgan fingerprint density at radius 3 is 2.28 bits per heavy atom. The van der Waals surface area contributed by atoms with E-state index in [-0.39, 0.29) is 11.5 Å². The number of thioether (sulfide) groups is 1. The quantitative estimate of drug-likeness (QED) is 0.333. The van der Waals surface area contributed by atoms with Gasteiger partial charge < -0.3 is 5.32 Å². The third kappa shape index (κ3) is 5.22. The van der Waals surface area contributed by atoms with Crippen LogP contribution in [-0.4, -0.2) is 17.1 Å². The maximum Gasteiger partial charge on any atom is 0.269 e. The van der Waals surface area contributed by atoms with Crippen LogP contribution in [0.4, 0.5) is 11.4 Å². The number of carbonyl (C=O) groups is 2. The van der Waals surface area contributed by atoms with Crippen LogP contribution < -0.4 is 10.2 Å². The highest BCUT2D eigenvalue weighted by Crippen LogP contribution is 2.42. The van der Waals surface area contributed by atoms with Crippen molar-refractivity contribution < 1.29 is 9.59 Å². The number of nitrogens with zero attached hydrogens (tertiary/aromatic N) is 2. The summed E-state index contributed by atoms with van der Waals surface area (Å²) in [4.78, 5) is 28.5. The van der Waals surface area contributed by atoms with E-state index in [0.29, 0.717) is 22.8 Å². The average molecular weight is 496 g/mol. The van der Waals surface area contributed by atoms with E-state index in [2.05, 4.69) is 37.4 Å². The number of hydrogen-bond acceptors (Lipinski definition) is 4. The van der Waals surface area contributed by atoms with E-state index >= 15 is 0 Å². The molecule has 0 aromatic heterocycles. The summed E-state index contributed by atoms with van der Waals surface area (Å²) < 4.78 is 0.